The number of aliphatic hydroxyl groups is 4. The quantitative estimate of drug-likeness (QED) is 0.171. The Morgan fingerprint density at radius 1 is 0.837 bits per heavy atom. The normalized spacial score (nSPS) is 26.3. The van der Waals surface area contributed by atoms with Crippen LogP contribution >= 0.6 is 0 Å². The minimum atomic E-state index is -3.96. The molecule has 2 unspecified atom stereocenters. The highest BCUT2D eigenvalue weighted by molar-refractivity contribution is 7.91. The van der Waals surface area contributed by atoms with Gasteiger partial charge in [0.05, 0.1) is 28.7 Å². The van der Waals surface area contributed by atoms with Gasteiger partial charge in [0.2, 0.25) is 5.91 Å². The molecule has 1 amide bonds. The lowest BCUT2D eigenvalue weighted by molar-refractivity contribution is -0.285. The van der Waals surface area contributed by atoms with E-state index < -0.39 is 52.4 Å². The molecule has 0 aromatic heterocycles. The second-order valence-corrected chi connectivity index (χ2v) is 14.5. The first kappa shape index (κ1) is 34.8. The van der Waals surface area contributed by atoms with Crippen molar-refractivity contribution in [2.45, 2.75) is 60.6 Å². The molecular weight excluding hydrogens is 653 g/mol. The third-order valence-corrected chi connectivity index (χ3v) is 11.1. The maximum atomic E-state index is 13.4. The van der Waals surface area contributed by atoms with Crippen molar-refractivity contribution in [3.05, 3.63) is 120 Å². The topological polar surface area (TPSA) is 154 Å². The molecule has 0 spiro atoms. The van der Waals surface area contributed by atoms with Crippen molar-refractivity contribution in [3.8, 4) is 11.1 Å². The van der Waals surface area contributed by atoms with E-state index in [1.807, 2.05) is 54.6 Å². The van der Waals surface area contributed by atoms with Crippen LogP contribution in [0.1, 0.15) is 36.1 Å². The molecule has 2 heterocycles. The number of amides is 1. The molecule has 12 heteroatoms. The van der Waals surface area contributed by atoms with Crippen LogP contribution < -0.4 is 4.90 Å². The van der Waals surface area contributed by atoms with Crippen LogP contribution in [0.25, 0.3) is 11.1 Å². The molecule has 6 rings (SSSR count). The van der Waals surface area contributed by atoms with Crippen LogP contribution in [0.2, 0.25) is 0 Å². The summed E-state index contributed by atoms with van der Waals surface area (Å²) in [6, 6.07) is 28.7. The van der Waals surface area contributed by atoms with Gasteiger partial charge in [0.1, 0.15) is 30.2 Å². The molecule has 0 aliphatic carbocycles. The molecule has 4 N–H and O–H groups in total. The summed E-state index contributed by atoms with van der Waals surface area (Å²) in [5.74, 6) is -1.44. The summed E-state index contributed by atoms with van der Waals surface area (Å²) in [6.07, 6.45) is -7.47. The summed E-state index contributed by atoms with van der Waals surface area (Å²) >= 11 is 0. The zero-order chi connectivity index (χ0) is 34.9. The Hall–Kier alpha value is -4.01. The largest absolute Gasteiger partial charge is 0.388 e. The Balaban J connectivity index is 1.17. The number of nitrogens with zero attached hydrogens (tertiary/aromatic N) is 1. The number of para-hydroxylation sites is 1. The van der Waals surface area contributed by atoms with Crippen LogP contribution in [0.3, 0.4) is 0 Å². The van der Waals surface area contributed by atoms with E-state index in [1.54, 1.807) is 29.2 Å². The van der Waals surface area contributed by atoms with E-state index in [0.29, 0.717) is 18.4 Å². The SMILES string of the molecule is CO[C@H]1OC(CS(=O)(=O)c2ccc(-c3ccc([C@@H]4[C@@H](CC[C@H](O)c5ccc(F)cc5)C(=O)N4c4ccccc4)cc3)cc2)[C@@H](O)[C@H](O)C1O. The summed E-state index contributed by atoms with van der Waals surface area (Å²) in [7, 11) is -2.72. The molecule has 2 aliphatic heterocycles. The number of hydrogen-bond donors (Lipinski definition) is 4. The Labute approximate surface area is 283 Å². The van der Waals surface area contributed by atoms with Gasteiger partial charge >= 0.3 is 0 Å². The number of methoxy groups -OCH3 is 1. The Kier molecular flexibility index (Phi) is 10.3. The van der Waals surface area contributed by atoms with Crippen molar-refractivity contribution in [2.75, 3.05) is 17.8 Å². The lowest BCUT2D eigenvalue weighted by Gasteiger charge is -2.48. The molecule has 8 atom stereocenters. The van der Waals surface area contributed by atoms with Gasteiger partial charge in [-0.15, -0.1) is 0 Å². The van der Waals surface area contributed by atoms with Crippen molar-refractivity contribution < 1.29 is 47.5 Å². The first-order chi connectivity index (χ1) is 23.5. The van der Waals surface area contributed by atoms with Crippen molar-refractivity contribution >= 4 is 21.4 Å². The lowest BCUT2D eigenvalue weighted by atomic mass is 9.78. The summed E-state index contributed by atoms with van der Waals surface area (Å²) in [4.78, 5) is 15.2. The molecule has 258 valence electrons. The summed E-state index contributed by atoms with van der Waals surface area (Å²) in [5, 5.41) is 41.2. The number of sulfone groups is 1. The van der Waals surface area contributed by atoms with Gasteiger partial charge in [0.15, 0.2) is 16.1 Å². The van der Waals surface area contributed by atoms with Crippen LogP contribution in [0, 0.1) is 11.7 Å². The molecule has 10 nitrogen and oxygen atoms in total. The number of hydrogen-bond acceptors (Lipinski definition) is 9. The van der Waals surface area contributed by atoms with Crippen molar-refractivity contribution in [1.82, 2.24) is 0 Å². The number of rotatable bonds is 11. The Bertz CT molecular complexity index is 1840. The molecule has 0 radical (unpaired) electrons. The molecule has 2 saturated heterocycles. The number of carbonyl (C=O) groups excluding carboxylic acids is 1. The van der Waals surface area contributed by atoms with Gasteiger partial charge in [-0.3, -0.25) is 4.79 Å². The number of aliphatic hydroxyl groups excluding tert-OH is 4. The van der Waals surface area contributed by atoms with Crippen LogP contribution in [-0.2, 0) is 24.1 Å². The number of ether oxygens (including phenoxy) is 2. The van der Waals surface area contributed by atoms with E-state index in [0.717, 1.165) is 22.4 Å². The fourth-order valence-electron chi connectivity index (χ4n) is 6.57. The van der Waals surface area contributed by atoms with E-state index in [2.05, 4.69) is 0 Å². The average molecular weight is 692 g/mol. The monoisotopic (exact) mass is 691 g/mol. The molecule has 2 fully saturated rings. The van der Waals surface area contributed by atoms with Crippen LogP contribution in [0.15, 0.2) is 108 Å². The summed E-state index contributed by atoms with van der Waals surface area (Å²) < 4.78 is 50.1. The molecule has 0 saturated carbocycles. The number of anilines is 1. The van der Waals surface area contributed by atoms with Crippen molar-refractivity contribution in [3.63, 3.8) is 0 Å². The molecule has 0 bridgehead atoms. The first-order valence-corrected chi connectivity index (χ1v) is 17.6. The summed E-state index contributed by atoms with van der Waals surface area (Å²) in [6.45, 7) is 0. The molecule has 49 heavy (non-hydrogen) atoms. The highest BCUT2D eigenvalue weighted by atomic mass is 32.2. The van der Waals surface area contributed by atoms with E-state index in [4.69, 9.17) is 9.47 Å². The number of halogens is 1. The van der Waals surface area contributed by atoms with Crippen LogP contribution in [-0.4, -0.2) is 78.3 Å². The fraction of sp³-hybridized carbons (Fsp3) is 0.324. The minimum Gasteiger partial charge on any atom is -0.388 e. The van der Waals surface area contributed by atoms with Gasteiger partial charge in [-0.1, -0.05) is 66.7 Å². The zero-order valence-electron chi connectivity index (χ0n) is 26.6. The molecular formula is C37H38FNO9S. The van der Waals surface area contributed by atoms with Gasteiger partial charge < -0.3 is 34.8 Å². The highest BCUT2D eigenvalue weighted by Crippen LogP contribution is 2.46. The molecule has 4 aromatic rings. The zero-order valence-corrected chi connectivity index (χ0v) is 27.4. The van der Waals surface area contributed by atoms with Crippen molar-refractivity contribution in [1.29, 1.82) is 0 Å². The van der Waals surface area contributed by atoms with Crippen LogP contribution in [0.5, 0.6) is 0 Å². The van der Waals surface area contributed by atoms with Gasteiger partial charge in [-0.2, -0.15) is 0 Å². The van der Waals surface area contributed by atoms with E-state index in [9.17, 15) is 38.0 Å². The minimum absolute atomic E-state index is 0.00426. The standard InChI is InChI=1S/C37H38FNO9S/c1-47-37-35(43)34(42)33(41)31(48-37)21-49(45,46)28-17-13-23(14-18-28)22-7-9-25(10-8-22)32-29(36(44)39(32)27-5-3-2-4-6-27)19-20-30(40)24-11-15-26(38)16-12-24/h2-18,29-35,37,40-43H,19-21H2,1H3/t29-,30+,31?,32-,33-,34+,35?,37+/m1/s1. The van der Waals surface area contributed by atoms with E-state index in [1.165, 1.54) is 31.4 Å². The van der Waals surface area contributed by atoms with E-state index >= 15 is 0 Å². The van der Waals surface area contributed by atoms with Crippen LogP contribution in [0.4, 0.5) is 10.1 Å². The Morgan fingerprint density at radius 2 is 1.45 bits per heavy atom. The van der Waals surface area contributed by atoms with Gasteiger partial charge in [0.25, 0.3) is 0 Å². The smallest absolute Gasteiger partial charge is 0.233 e. The number of benzene rings is 4. The van der Waals surface area contributed by atoms with Gasteiger partial charge in [0, 0.05) is 12.8 Å². The predicted molar refractivity (Wildman–Crippen MR) is 178 cm³/mol. The van der Waals surface area contributed by atoms with E-state index in [-0.39, 0.29) is 28.6 Å². The lowest BCUT2D eigenvalue weighted by Crippen LogP contribution is -2.59. The first-order valence-electron chi connectivity index (χ1n) is 16.0. The predicted octanol–water partition coefficient (Wildman–Crippen LogP) is 3.94. The second kappa shape index (κ2) is 14.5. The highest BCUT2D eigenvalue weighted by Gasteiger charge is 2.48. The number of carbonyl (C=O) groups is 1. The summed E-state index contributed by atoms with van der Waals surface area (Å²) in [5.41, 5.74) is 3.83. The molecule has 4 aromatic carbocycles. The second-order valence-electron chi connectivity index (χ2n) is 12.4. The van der Waals surface area contributed by atoms with Gasteiger partial charge in [-0.25, -0.2) is 12.8 Å². The average Bonchev–Trinajstić information content (AvgIpc) is 3.11. The third kappa shape index (κ3) is 7.17. The molecule has 2 aliphatic rings. The van der Waals surface area contributed by atoms with Gasteiger partial charge in [-0.05, 0) is 71.5 Å². The number of β-lactam (4-membered cyclic amide) rings is 1. The third-order valence-electron chi connectivity index (χ3n) is 9.34. The fourth-order valence-corrected chi connectivity index (χ4v) is 8.02. The maximum Gasteiger partial charge on any atom is 0.233 e. The Morgan fingerprint density at radius 3 is 2.06 bits per heavy atom. The maximum absolute atomic E-state index is 13.4. The van der Waals surface area contributed by atoms with Crippen molar-refractivity contribution in [2.24, 2.45) is 5.92 Å².